The number of benzene rings is 3. The molecule has 0 fully saturated rings. The van der Waals surface area contributed by atoms with E-state index in [2.05, 4.69) is 129 Å². The summed E-state index contributed by atoms with van der Waals surface area (Å²) in [4.78, 5) is 9.65. The molecule has 0 saturated carbocycles. The maximum Gasteiger partial charge on any atom is 0.178 e. The van der Waals surface area contributed by atoms with E-state index >= 15 is 0 Å². The normalized spacial score (nSPS) is 13.8. The van der Waals surface area contributed by atoms with Crippen molar-refractivity contribution in [2.75, 3.05) is 0 Å². The first kappa shape index (κ1) is 26.7. The first-order valence-electron chi connectivity index (χ1n) is 15.0. The van der Waals surface area contributed by atoms with Crippen molar-refractivity contribution < 1.29 is 0 Å². The van der Waals surface area contributed by atoms with Crippen LogP contribution in [-0.4, -0.2) is 34.3 Å². The van der Waals surface area contributed by atoms with Gasteiger partial charge in [0.1, 0.15) is 5.54 Å². The van der Waals surface area contributed by atoms with E-state index in [1.807, 2.05) is 43.9 Å². The minimum absolute atomic E-state index is 0.670. The molecule has 0 spiro atoms. The lowest BCUT2D eigenvalue weighted by Crippen LogP contribution is -2.37. The molecule has 0 radical (unpaired) electrons. The summed E-state index contributed by atoms with van der Waals surface area (Å²) in [6.45, 7) is 1.97. The van der Waals surface area contributed by atoms with Crippen molar-refractivity contribution in [2.24, 2.45) is 0 Å². The Hall–Kier alpha value is -5.95. The Labute approximate surface area is 260 Å². The highest BCUT2D eigenvalue weighted by atomic mass is 15.4. The number of pyridine rings is 1. The molecule has 0 saturated heterocycles. The number of fused-ring (bicyclic) bond motifs is 2. The Bertz CT molecular complexity index is 2100. The minimum atomic E-state index is -0.670. The Kier molecular flexibility index (Phi) is 6.49. The molecule has 8 rings (SSSR count). The molecule has 7 nitrogen and oxygen atoms in total. The average Bonchev–Trinajstić information content (AvgIpc) is 3.74. The van der Waals surface area contributed by atoms with Gasteiger partial charge in [0, 0.05) is 11.8 Å². The van der Waals surface area contributed by atoms with Crippen molar-refractivity contribution in [2.45, 2.75) is 18.9 Å². The van der Waals surface area contributed by atoms with Gasteiger partial charge in [-0.1, -0.05) is 97.1 Å². The van der Waals surface area contributed by atoms with E-state index in [1.54, 1.807) is 4.52 Å². The highest BCUT2D eigenvalue weighted by molar-refractivity contribution is 5.70. The number of hydrogen-bond acceptors (Lipinski definition) is 5. The summed E-state index contributed by atoms with van der Waals surface area (Å²) in [5, 5.41) is 13.3. The predicted molar refractivity (Wildman–Crippen MR) is 176 cm³/mol. The molecule has 7 heteroatoms. The second-order valence-corrected chi connectivity index (χ2v) is 11.3. The van der Waals surface area contributed by atoms with E-state index in [-0.39, 0.29) is 0 Å². The van der Waals surface area contributed by atoms with Crippen LogP contribution in [0.4, 0.5) is 0 Å². The van der Waals surface area contributed by atoms with Gasteiger partial charge in [-0.3, -0.25) is 4.98 Å². The maximum atomic E-state index is 4.91. The van der Waals surface area contributed by atoms with E-state index < -0.39 is 5.54 Å². The zero-order valence-corrected chi connectivity index (χ0v) is 24.7. The molecule has 1 aliphatic carbocycles. The number of allylic oxidation sites excluding steroid dienone is 2. The molecule has 7 aromatic rings. The van der Waals surface area contributed by atoms with Crippen molar-refractivity contribution in [3.05, 3.63) is 179 Å². The highest BCUT2D eigenvalue weighted by Crippen LogP contribution is 2.43. The van der Waals surface area contributed by atoms with Crippen molar-refractivity contribution in [1.29, 1.82) is 0 Å². The third kappa shape index (κ3) is 4.57. The quantitative estimate of drug-likeness (QED) is 0.194. The van der Waals surface area contributed by atoms with Crippen LogP contribution in [0.5, 0.6) is 0 Å². The van der Waals surface area contributed by atoms with E-state index in [1.165, 1.54) is 0 Å². The molecule has 0 aliphatic heterocycles. The fraction of sp³-hybridized carbons (Fsp3) is 0.0789. The van der Waals surface area contributed by atoms with Gasteiger partial charge in [-0.15, -0.1) is 10.2 Å². The molecule has 0 atom stereocenters. The van der Waals surface area contributed by atoms with Crippen LogP contribution in [0.3, 0.4) is 0 Å². The van der Waals surface area contributed by atoms with Gasteiger partial charge >= 0.3 is 0 Å². The molecule has 4 aromatic heterocycles. The third-order valence-corrected chi connectivity index (χ3v) is 8.46. The first-order chi connectivity index (χ1) is 22.2. The lowest BCUT2D eigenvalue weighted by Gasteiger charge is -2.38. The van der Waals surface area contributed by atoms with E-state index in [4.69, 9.17) is 9.97 Å². The van der Waals surface area contributed by atoms with Crippen LogP contribution in [0.1, 0.15) is 39.5 Å². The number of hydrogen-bond donors (Lipinski definition) is 0. The molecular formula is C38H29N7. The van der Waals surface area contributed by atoms with Gasteiger partial charge in [0.25, 0.3) is 0 Å². The second-order valence-electron chi connectivity index (χ2n) is 11.3. The zero-order chi connectivity index (χ0) is 30.2. The Balaban J connectivity index is 1.26. The lowest BCUT2D eigenvalue weighted by atomic mass is 9.76. The number of imidazole rings is 1. The summed E-state index contributed by atoms with van der Waals surface area (Å²) >= 11 is 0. The van der Waals surface area contributed by atoms with Crippen LogP contribution in [0, 0.1) is 6.92 Å². The van der Waals surface area contributed by atoms with E-state index in [0.717, 1.165) is 56.1 Å². The molecular weight excluding hydrogens is 554 g/mol. The molecule has 0 bridgehead atoms. The van der Waals surface area contributed by atoms with Gasteiger partial charge in [0.2, 0.25) is 0 Å². The van der Waals surface area contributed by atoms with Crippen LogP contribution in [0.15, 0.2) is 140 Å². The fourth-order valence-electron chi connectivity index (χ4n) is 6.40. The Morgan fingerprint density at radius 1 is 0.733 bits per heavy atom. The van der Waals surface area contributed by atoms with Gasteiger partial charge in [-0.05, 0) is 71.5 Å². The standard InChI is InChI=1S/C38H29N7/c1-27-17-20-36-41-42-37(45(36)43-27)22-28-18-19-34-29(21-28)23-30(24-40-34)35-25-39-26-44(35)38(31-11-5-2-6-12-31,32-13-7-3-8-14-32)33-15-9-4-10-16-33/h2-20,22-26H,21H2,1H3. The van der Waals surface area contributed by atoms with Crippen molar-refractivity contribution in [3.8, 4) is 11.3 Å². The van der Waals surface area contributed by atoms with Crippen LogP contribution in [0.25, 0.3) is 29.1 Å². The Morgan fingerprint density at radius 3 is 2.07 bits per heavy atom. The molecule has 216 valence electrons. The van der Waals surface area contributed by atoms with Gasteiger partial charge in [0.15, 0.2) is 11.5 Å². The summed E-state index contributed by atoms with van der Waals surface area (Å²) in [6.07, 6.45) is 12.8. The summed E-state index contributed by atoms with van der Waals surface area (Å²) < 4.78 is 4.08. The van der Waals surface area contributed by atoms with Gasteiger partial charge < -0.3 is 4.57 Å². The predicted octanol–water partition coefficient (Wildman–Crippen LogP) is 7.18. The van der Waals surface area contributed by atoms with Crippen molar-refractivity contribution in [3.63, 3.8) is 0 Å². The molecule has 1 aliphatic rings. The number of rotatable bonds is 6. The summed E-state index contributed by atoms with van der Waals surface area (Å²) in [7, 11) is 0. The van der Waals surface area contributed by atoms with Gasteiger partial charge in [-0.2, -0.15) is 9.61 Å². The second kappa shape index (κ2) is 11.0. The maximum absolute atomic E-state index is 4.91. The zero-order valence-electron chi connectivity index (χ0n) is 24.7. The largest absolute Gasteiger partial charge is 0.312 e. The monoisotopic (exact) mass is 583 g/mol. The molecule has 0 unspecified atom stereocenters. The van der Waals surface area contributed by atoms with Crippen LogP contribution >= 0.6 is 0 Å². The number of aryl methyl sites for hydroxylation is 1. The fourth-order valence-corrected chi connectivity index (χ4v) is 6.40. The molecule has 4 heterocycles. The van der Waals surface area contributed by atoms with E-state index in [9.17, 15) is 0 Å². The summed E-state index contributed by atoms with van der Waals surface area (Å²) in [6, 6.07) is 38.1. The summed E-state index contributed by atoms with van der Waals surface area (Å²) in [5.74, 6) is 0.706. The minimum Gasteiger partial charge on any atom is -0.312 e. The lowest BCUT2D eigenvalue weighted by molar-refractivity contribution is 0.519. The summed E-state index contributed by atoms with van der Waals surface area (Å²) in [5.41, 5.74) is 9.58. The topological polar surface area (TPSA) is 73.8 Å². The SMILES string of the molecule is Cc1ccc2nnc(C=C3C=Cc4ncc(-c5cncn5C(c5ccccc5)(c5ccccc5)c5ccccc5)cc4C3)n2n1. The van der Waals surface area contributed by atoms with Gasteiger partial charge in [0.05, 0.1) is 29.6 Å². The van der Waals surface area contributed by atoms with Crippen LogP contribution in [-0.2, 0) is 12.0 Å². The van der Waals surface area contributed by atoms with Crippen molar-refractivity contribution in [1.82, 2.24) is 34.3 Å². The van der Waals surface area contributed by atoms with Crippen LogP contribution < -0.4 is 0 Å². The smallest absolute Gasteiger partial charge is 0.178 e. The average molecular weight is 584 g/mol. The molecule has 0 N–H and O–H groups in total. The highest BCUT2D eigenvalue weighted by Gasteiger charge is 2.39. The molecule has 3 aromatic carbocycles. The Morgan fingerprint density at radius 2 is 1.40 bits per heavy atom. The first-order valence-corrected chi connectivity index (χ1v) is 15.0. The number of aromatic nitrogens is 7. The number of nitrogens with zero attached hydrogens (tertiary/aromatic N) is 7. The third-order valence-electron chi connectivity index (χ3n) is 8.46. The van der Waals surface area contributed by atoms with Crippen molar-refractivity contribution >= 4 is 17.8 Å². The van der Waals surface area contributed by atoms with Gasteiger partial charge in [-0.25, -0.2) is 4.98 Å². The molecule has 45 heavy (non-hydrogen) atoms. The van der Waals surface area contributed by atoms with E-state index in [0.29, 0.717) is 12.2 Å². The van der Waals surface area contributed by atoms with Crippen LogP contribution in [0.2, 0.25) is 0 Å². The molecule has 0 amide bonds.